The molecule has 0 atom stereocenters. The van der Waals surface area contributed by atoms with Gasteiger partial charge in [0.05, 0.1) is 12.7 Å². The molecule has 0 radical (unpaired) electrons. The molecule has 15 heavy (non-hydrogen) atoms. The molecule has 0 aromatic heterocycles. The maximum atomic E-state index is 11.3. The monoisotopic (exact) mass is 202 g/mol. The molecular formula is C13H14O2. The number of ether oxygens (including phenoxy) is 1. The fourth-order valence-corrected chi connectivity index (χ4v) is 1.19. The molecule has 0 aliphatic rings. The average molecular weight is 202 g/mol. The van der Waals surface area contributed by atoms with Crippen LogP contribution in [0.5, 0.6) is 0 Å². The van der Waals surface area contributed by atoms with Gasteiger partial charge in [0.25, 0.3) is 0 Å². The summed E-state index contributed by atoms with van der Waals surface area (Å²) in [5.41, 5.74) is 0.542. The molecule has 0 spiro atoms. The lowest BCUT2D eigenvalue weighted by Crippen LogP contribution is -2.24. The lowest BCUT2D eigenvalue weighted by molar-refractivity contribution is 0.0600. The van der Waals surface area contributed by atoms with Crippen LogP contribution in [0.4, 0.5) is 0 Å². The topological polar surface area (TPSA) is 26.3 Å². The summed E-state index contributed by atoms with van der Waals surface area (Å²) in [5, 5.41) is 1.82. The summed E-state index contributed by atoms with van der Waals surface area (Å²) >= 11 is 0. The van der Waals surface area contributed by atoms with E-state index in [1.54, 1.807) is 12.1 Å². The molecule has 2 nitrogen and oxygen atoms in total. The molecule has 0 N–H and O–H groups in total. The molecule has 1 rings (SSSR count). The van der Waals surface area contributed by atoms with E-state index in [4.69, 9.17) is 0 Å². The molecule has 0 saturated heterocycles. The summed E-state index contributed by atoms with van der Waals surface area (Å²) in [6, 6.07) is 5.29. The van der Waals surface area contributed by atoms with Gasteiger partial charge in [-0.3, -0.25) is 0 Å². The van der Waals surface area contributed by atoms with Gasteiger partial charge in [-0.05, 0) is 29.5 Å². The number of rotatable bonds is 2. The van der Waals surface area contributed by atoms with E-state index in [-0.39, 0.29) is 5.97 Å². The molecule has 1 aromatic carbocycles. The van der Waals surface area contributed by atoms with Gasteiger partial charge in [0.1, 0.15) is 0 Å². The number of methoxy groups -OCH3 is 1. The SMILES string of the molecule is C=c1ccc(C(=O)OC)c/c1=C/C=C\C. The molecule has 0 amide bonds. The van der Waals surface area contributed by atoms with Crippen molar-refractivity contribution in [2.75, 3.05) is 7.11 Å². The first kappa shape index (κ1) is 11.2. The Kier molecular flexibility index (Phi) is 3.86. The predicted molar refractivity (Wildman–Crippen MR) is 61.8 cm³/mol. The quantitative estimate of drug-likeness (QED) is 0.674. The molecule has 0 saturated carbocycles. The number of allylic oxidation sites excluding steroid dienone is 2. The van der Waals surface area contributed by atoms with E-state index >= 15 is 0 Å². The van der Waals surface area contributed by atoms with Gasteiger partial charge in [-0.1, -0.05) is 30.9 Å². The molecular weight excluding hydrogens is 188 g/mol. The Balaban J connectivity index is 3.29. The molecule has 2 heteroatoms. The number of carbonyl (C=O) groups excluding carboxylic acids is 1. The highest BCUT2D eigenvalue weighted by Gasteiger charge is 2.02. The van der Waals surface area contributed by atoms with Crippen LogP contribution in [0, 0.1) is 0 Å². The van der Waals surface area contributed by atoms with Crippen LogP contribution < -0.4 is 10.4 Å². The molecule has 78 valence electrons. The van der Waals surface area contributed by atoms with Crippen molar-refractivity contribution < 1.29 is 9.53 Å². The van der Waals surface area contributed by atoms with Gasteiger partial charge >= 0.3 is 5.97 Å². The first-order valence-corrected chi connectivity index (χ1v) is 4.69. The van der Waals surface area contributed by atoms with Crippen LogP contribution in [-0.2, 0) is 4.74 Å². The zero-order valence-corrected chi connectivity index (χ0v) is 8.99. The summed E-state index contributed by atoms with van der Waals surface area (Å²) in [5.74, 6) is -0.329. The zero-order chi connectivity index (χ0) is 11.3. The average Bonchev–Trinajstić information content (AvgIpc) is 2.27. The van der Waals surface area contributed by atoms with E-state index in [2.05, 4.69) is 11.3 Å². The van der Waals surface area contributed by atoms with Crippen LogP contribution in [0.2, 0.25) is 0 Å². The molecule has 0 aliphatic carbocycles. The Morgan fingerprint density at radius 2 is 2.20 bits per heavy atom. The molecule has 0 unspecified atom stereocenters. The van der Waals surface area contributed by atoms with E-state index in [9.17, 15) is 4.79 Å². The minimum atomic E-state index is -0.329. The van der Waals surface area contributed by atoms with Crippen LogP contribution in [-0.4, -0.2) is 13.1 Å². The van der Waals surface area contributed by atoms with E-state index in [0.717, 1.165) is 10.4 Å². The number of hydrogen-bond donors (Lipinski definition) is 0. The summed E-state index contributed by atoms with van der Waals surface area (Å²) < 4.78 is 4.64. The minimum absolute atomic E-state index is 0.329. The molecule has 0 bridgehead atoms. The van der Waals surface area contributed by atoms with Gasteiger partial charge in [-0.2, -0.15) is 0 Å². The molecule has 0 aliphatic heterocycles. The van der Waals surface area contributed by atoms with Gasteiger partial charge in [0, 0.05) is 0 Å². The number of esters is 1. The number of hydrogen-bond acceptors (Lipinski definition) is 2. The first-order chi connectivity index (χ1) is 7.19. The van der Waals surface area contributed by atoms with Crippen molar-refractivity contribution in [1.29, 1.82) is 0 Å². The van der Waals surface area contributed by atoms with Crippen molar-refractivity contribution in [2.24, 2.45) is 0 Å². The zero-order valence-electron chi connectivity index (χ0n) is 8.99. The standard InChI is InChI=1S/C13H14O2/c1-4-5-6-11-9-12(13(14)15-3)8-7-10(11)2/h4-9H,2H2,1,3H3/b5-4-,11-6-. The van der Waals surface area contributed by atoms with Crippen LogP contribution in [0.3, 0.4) is 0 Å². The maximum Gasteiger partial charge on any atom is 0.337 e. The van der Waals surface area contributed by atoms with Crippen LogP contribution in [0.15, 0.2) is 30.4 Å². The smallest absolute Gasteiger partial charge is 0.337 e. The van der Waals surface area contributed by atoms with Crippen LogP contribution >= 0.6 is 0 Å². The van der Waals surface area contributed by atoms with Gasteiger partial charge in [0.15, 0.2) is 0 Å². The van der Waals surface area contributed by atoms with Crippen LogP contribution in [0.1, 0.15) is 17.3 Å². The lowest BCUT2D eigenvalue weighted by atomic mass is 10.1. The third-order valence-corrected chi connectivity index (χ3v) is 2.04. The Morgan fingerprint density at radius 3 is 2.80 bits per heavy atom. The van der Waals surface area contributed by atoms with Crippen molar-refractivity contribution >= 4 is 18.6 Å². The van der Waals surface area contributed by atoms with Crippen molar-refractivity contribution in [2.45, 2.75) is 6.92 Å². The second-order valence-electron chi connectivity index (χ2n) is 3.10. The maximum absolute atomic E-state index is 11.3. The van der Waals surface area contributed by atoms with Crippen LogP contribution in [0.25, 0.3) is 12.7 Å². The second-order valence-corrected chi connectivity index (χ2v) is 3.10. The van der Waals surface area contributed by atoms with Crippen molar-refractivity contribution in [3.63, 3.8) is 0 Å². The van der Waals surface area contributed by atoms with Crippen molar-refractivity contribution in [1.82, 2.24) is 0 Å². The second kappa shape index (κ2) is 5.15. The summed E-state index contributed by atoms with van der Waals surface area (Å²) in [4.78, 5) is 11.3. The van der Waals surface area contributed by atoms with Gasteiger partial charge in [-0.25, -0.2) is 4.79 Å². The lowest BCUT2D eigenvalue weighted by Gasteiger charge is -1.98. The Bertz CT molecular complexity index is 484. The van der Waals surface area contributed by atoms with E-state index in [1.165, 1.54) is 7.11 Å². The van der Waals surface area contributed by atoms with E-state index in [1.807, 2.05) is 31.2 Å². The summed E-state index contributed by atoms with van der Waals surface area (Å²) in [6.07, 6.45) is 5.74. The van der Waals surface area contributed by atoms with Gasteiger partial charge in [0.2, 0.25) is 0 Å². The normalized spacial score (nSPS) is 12.0. The predicted octanol–water partition coefficient (Wildman–Crippen LogP) is 1.24. The Morgan fingerprint density at radius 1 is 1.47 bits per heavy atom. The largest absolute Gasteiger partial charge is 0.465 e. The Hall–Kier alpha value is -1.83. The fraction of sp³-hybridized carbons (Fsp3) is 0.154. The van der Waals surface area contributed by atoms with E-state index < -0.39 is 0 Å². The fourth-order valence-electron chi connectivity index (χ4n) is 1.19. The highest BCUT2D eigenvalue weighted by Crippen LogP contribution is 1.94. The molecule has 0 heterocycles. The van der Waals surface area contributed by atoms with E-state index in [0.29, 0.717) is 5.56 Å². The van der Waals surface area contributed by atoms with Crippen molar-refractivity contribution in [3.8, 4) is 0 Å². The van der Waals surface area contributed by atoms with Crippen molar-refractivity contribution in [3.05, 3.63) is 46.4 Å². The third kappa shape index (κ3) is 2.81. The molecule has 1 aromatic rings. The third-order valence-electron chi connectivity index (χ3n) is 2.04. The highest BCUT2D eigenvalue weighted by molar-refractivity contribution is 5.89. The Labute approximate surface area is 89.2 Å². The number of carbonyl (C=O) groups is 1. The summed E-state index contributed by atoms with van der Waals surface area (Å²) in [6.45, 7) is 5.82. The summed E-state index contributed by atoms with van der Waals surface area (Å²) in [7, 11) is 1.37. The van der Waals surface area contributed by atoms with Gasteiger partial charge < -0.3 is 4.74 Å². The highest BCUT2D eigenvalue weighted by atomic mass is 16.5. The molecule has 0 fully saturated rings. The first-order valence-electron chi connectivity index (χ1n) is 4.69. The van der Waals surface area contributed by atoms with Gasteiger partial charge in [-0.15, -0.1) is 0 Å². The number of benzene rings is 1. The minimum Gasteiger partial charge on any atom is -0.465 e.